The highest BCUT2D eigenvalue weighted by Crippen LogP contribution is 2.25. The Kier molecular flexibility index (Phi) is 6.83. The third-order valence-electron chi connectivity index (χ3n) is 2.74. The minimum atomic E-state index is -4.80. The molecule has 2 amide bonds. The number of nitrogens with one attached hydrogen (secondary N) is 2. The van der Waals surface area contributed by atoms with Crippen LogP contribution in [0, 0.1) is 0 Å². The number of amides is 2. The van der Waals surface area contributed by atoms with Gasteiger partial charge in [0, 0.05) is 25.2 Å². The number of carbonyl (C=O) groups excluding carboxylic acids is 2. The number of hydrogen-bond acceptors (Lipinski definition) is 4. The Labute approximate surface area is 131 Å². The number of hydrogen-bond donors (Lipinski definition) is 3. The van der Waals surface area contributed by atoms with Gasteiger partial charge in [-0.25, -0.2) is 0 Å². The average Bonchev–Trinajstić information content (AvgIpc) is 2.41. The van der Waals surface area contributed by atoms with Crippen LogP contribution in [0.1, 0.15) is 19.8 Å². The molecule has 1 aromatic carbocycles. The number of carbonyl (C=O) groups is 2. The lowest BCUT2D eigenvalue weighted by Crippen LogP contribution is -2.36. The van der Waals surface area contributed by atoms with E-state index in [4.69, 9.17) is 5.73 Å². The van der Waals surface area contributed by atoms with Crippen molar-refractivity contribution in [2.24, 2.45) is 5.73 Å². The molecule has 0 heterocycles. The number of benzene rings is 1. The summed E-state index contributed by atoms with van der Waals surface area (Å²) in [5, 5.41) is 4.99. The van der Waals surface area contributed by atoms with Crippen molar-refractivity contribution in [1.82, 2.24) is 5.32 Å². The van der Waals surface area contributed by atoms with Crippen molar-refractivity contribution in [2.75, 3.05) is 11.9 Å². The molecule has 0 aliphatic carbocycles. The molecule has 0 spiro atoms. The fourth-order valence-corrected chi connectivity index (χ4v) is 1.72. The number of rotatable bonds is 7. The van der Waals surface area contributed by atoms with E-state index < -0.39 is 24.1 Å². The van der Waals surface area contributed by atoms with Gasteiger partial charge in [0.15, 0.2) is 0 Å². The standard InChI is InChI=1S/C14H18F3N3O3/c1-9(21)19-7-3-6-12(18)13(22)20-10-4-2-5-11(8-10)23-14(15,16)17/h2,4-5,8,12H,3,6-7,18H2,1H3,(H,19,21)(H,20,22)/t12-/m1/s1. The molecule has 4 N–H and O–H groups in total. The van der Waals surface area contributed by atoms with Crippen molar-refractivity contribution >= 4 is 17.5 Å². The van der Waals surface area contributed by atoms with E-state index in [0.717, 1.165) is 12.1 Å². The van der Waals surface area contributed by atoms with Gasteiger partial charge in [0.1, 0.15) is 5.75 Å². The van der Waals surface area contributed by atoms with Crippen LogP contribution in [0.3, 0.4) is 0 Å². The maximum absolute atomic E-state index is 12.1. The fourth-order valence-electron chi connectivity index (χ4n) is 1.72. The van der Waals surface area contributed by atoms with E-state index in [-0.39, 0.29) is 11.6 Å². The zero-order valence-corrected chi connectivity index (χ0v) is 12.4. The molecule has 128 valence electrons. The fraction of sp³-hybridized carbons (Fsp3) is 0.429. The summed E-state index contributed by atoms with van der Waals surface area (Å²) in [6.07, 6.45) is -3.97. The highest BCUT2D eigenvalue weighted by atomic mass is 19.4. The van der Waals surface area contributed by atoms with E-state index in [1.807, 2.05) is 0 Å². The van der Waals surface area contributed by atoms with Gasteiger partial charge in [0.2, 0.25) is 11.8 Å². The van der Waals surface area contributed by atoms with Gasteiger partial charge in [-0.1, -0.05) is 6.07 Å². The molecular formula is C14H18F3N3O3. The summed E-state index contributed by atoms with van der Waals surface area (Å²) in [5.74, 6) is -1.14. The molecule has 0 radical (unpaired) electrons. The number of anilines is 1. The number of nitrogens with two attached hydrogens (primary N) is 1. The first-order chi connectivity index (χ1) is 10.7. The molecule has 9 heteroatoms. The predicted molar refractivity (Wildman–Crippen MR) is 77.6 cm³/mol. The van der Waals surface area contributed by atoms with Crippen LogP contribution in [-0.4, -0.2) is 30.8 Å². The van der Waals surface area contributed by atoms with E-state index >= 15 is 0 Å². The smallest absolute Gasteiger partial charge is 0.406 e. The molecule has 1 atom stereocenters. The van der Waals surface area contributed by atoms with Gasteiger partial charge in [0.25, 0.3) is 0 Å². The Morgan fingerprint density at radius 1 is 1.35 bits per heavy atom. The second kappa shape index (κ2) is 8.37. The monoisotopic (exact) mass is 333 g/mol. The summed E-state index contributed by atoms with van der Waals surface area (Å²) < 4.78 is 40.2. The van der Waals surface area contributed by atoms with Crippen molar-refractivity contribution < 1.29 is 27.5 Å². The Morgan fingerprint density at radius 2 is 2.04 bits per heavy atom. The molecule has 1 rings (SSSR count). The lowest BCUT2D eigenvalue weighted by molar-refractivity contribution is -0.274. The van der Waals surface area contributed by atoms with Crippen LogP contribution in [0.5, 0.6) is 5.75 Å². The van der Waals surface area contributed by atoms with Crippen molar-refractivity contribution in [3.05, 3.63) is 24.3 Å². The molecule has 0 saturated heterocycles. The van der Waals surface area contributed by atoms with Gasteiger partial charge in [0.05, 0.1) is 6.04 Å². The minimum Gasteiger partial charge on any atom is -0.406 e. The van der Waals surface area contributed by atoms with Crippen LogP contribution in [-0.2, 0) is 9.59 Å². The molecule has 0 fully saturated rings. The predicted octanol–water partition coefficient (Wildman–Crippen LogP) is 1.77. The third kappa shape index (κ3) is 8.05. The highest BCUT2D eigenvalue weighted by Gasteiger charge is 2.31. The van der Waals surface area contributed by atoms with Crippen molar-refractivity contribution in [3.63, 3.8) is 0 Å². The molecule has 0 aliphatic heterocycles. The van der Waals surface area contributed by atoms with Crippen LogP contribution in [0.25, 0.3) is 0 Å². The van der Waals surface area contributed by atoms with Crippen molar-refractivity contribution in [1.29, 1.82) is 0 Å². The summed E-state index contributed by atoms with van der Waals surface area (Å²) in [4.78, 5) is 22.5. The zero-order valence-electron chi connectivity index (χ0n) is 12.4. The largest absolute Gasteiger partial charge is 0.573 e. The Bertz CT molecular complexity index is 550. The maximum Gasteiger partial charge on any atom is 0.573 e. The topological polar surface area (TPSA) is 93.5 Å². The summed E-state index contributed by atoms with van der Waals surface area (Å²) in [7, 11) is 0. The zero-order chi connectivity index (χ0) is 17.5. The van der Waals surface area contributed by atoms with Crippen LogP contribution < -0.4 is 21.1 Å². The van der Waals surface area contributed by atoms with E-state index in [1.54, 1.807) is 0 Å². The Hall–Kier alpha value is -2.29. The van der Waals surface area contributed by atoms with Gasteiger partial charge in [-0.3, -0.25) is 9.59 Å². The Balaban J connectivity index is 2.50. The Morgan fingerprint density at radius 3 is 2.65 bits per heavy atom. The van der Waals surface area contributed by atoms with E-state index in [9.17, 15) is 22.8 Å². The van der Waals surface area contributed by atoms with Gasteiger partial charge < -0.3 is 21.1 Å². The minimum absolute atomic E-state index is 0.147. The van der Waals surface area contributed by atoms with Crippen molar-refractivity contribution in [3.8, 4) is 5.75 Å². The third-order valence-corrected chi connectivity index (χ3v) is 2.74. The van der Waals surface area contributed by atoms with Crippen LogP contribution in [0.2, 0.25) is 0 Å². The summed E-state index contributed by atoms with van der Waals surface area (Å²) in [5.41, 5.74) is 5.83. The lowest BCUT2D eigenvalue weighted by Gasteiger charge is -2.14. The molecule has 0 unspecified atom stereocenters. The molecular weight excluding hydrogens is 315 g/mol. The first-order valence-electron chi connectivity index (χ1n) is 6.84. The van der Waals surface area contributed by atoms with Crippen LogP contribution in [0.4, 0.5) is 18.9 Å². The first-order valence-corrected chi connectivity index (χ1v) is 6.84. The molecule has 23 heavy (non-hydrogen) atoms. The molecule has 1 aromatic rings. The molecule has 0 aromatic heterocycles. The van der Waals surface area contributed by atoms with Gasteiger partial charge in [-0.15, -0.1) is 13.2 Å². The first kappa shape index (κ1) is 18.8. The second-order valence-corrected chi connectivity index (χ2v) is 4.80. The second-order valence-electron chi connectivity index (χ2n) is 4.80. The summed E-state index contributed by atoms with van der Waals surface area (Å²) >= 11 is 0. The number of ether oxygens (including phenoxy) is 1. The number of halogens is 3. The molecule has 0 bridgehead atoms. The van der Waals surface area contributed by atoms with Crippen molar-refractivity contribution in [2.45, 2.75) is 32.2 Å². The van der Waals surface area contributed by atoms with E-state index in [0.29, 0.717) is 19.4 Å². The molecule has 0 saturated carbocycles. The lowest BCUT2D eigenvalue weighted by atomic mass is 10.1. The van der Waals surface area contributed by atoms with Gasteiger partial charge in [-0.2, -0.15) is 0 Å². The van der Waals surface area contributed by atoms with Gasteiger partial charge in [-0.05, 0) is 25.0 Å². The normalized spacial score (nSPS) is 12.4. The number of alkyl halides is 3. The van der Waals surface area contributed by atoms with E-state index in [1.165, 1.54) is 19.1 Å². The molecule has 6 nitrogen and oxygen atoms in total. The summed E-state index contributed by atoms with van der Waals surface area (Å²) in [6, 6.07) is 4.08. The summed E-state index contributed by atoms with van der Waals surface area (Å²) in [6.45, 7) is 1.77. The van der Waals surface area contributed by atoms with E-state index in [2.05, 4.69) is 15.4 Å². The average molecular weight is 333 g/mol. The van der Waals surface area contributed by atoms with Crippen LogP contribution >= 0.6 is 0 Å². The maximum atomic E-state index is 12.1. The van der Waals surface area contributed by atoms with Gasteiger partial charge >= 0.3 is 6.36 Å². The highest BCUT2D eigenvalue weighted by molar-refractivity contribution is 5.94. The SMILES string of the molecule is CC(=O)NCCC[C@@H](N)C(=O)Nc1cccc(OC(F)(F)F)c1. The van der Waals surface area contributed by atoms with Crippen LogP contribution in [0.15, 0.2) is 24.3 Å². The quantitative estimate of drug-likeness (QED) is 0.663. The molecule has 0 aliphatic rings.